The van der Waals surface area contributed by atoms with E-state index in [-0.39, 0.29) is 12.5 Å². The van der Waals surface area contributed by atoms with Gasteiger partial charge in [-0.1, -0.05) is 59.6 Å². The number of rotatable bonds is 6. The van der Waals surface area contributed by atoms with Crippen LogP contribution in [-0.2, 0) is 17.9 Å². The lowest BCUT2D eigenvalue weighted by atomic mass is 10.2. The predicted molar refractivity (Wildman–Crippen MR) is 103 cm³/mol. The van der Waals surface area contributed by atoms with E-state index in [9.17, 15) is 4.79 Å². The van der Waals surface area contributed by atoms with Gasteiger partial charge < -0.3 is 16.0 Å². The molecule has 0 spiro atoms. The van der Waals surface area contributed by atoms with E-state index >= 15 is 0 Å². The molecule has 0 unspecified atom stereocenters. The monoisotopic (exact) mass is 378 g/mol. The standard InChI is InChI=1S/C18H20Cl2N4O/c1-21-18(23-11-14-7-8-15(19)9-16(14)20)24-12-17(25)22-10-13-5-3-2-4-6-13/h2-9H,10-12H2,1H3,(H,22,25)(H2,21,23,24). The molecule has 2 aromatic rings. The summed E-state index contributed by atoms with van der Waals surface area (Å²) in [6.45, 7) is 1.09. The molecule has 0 aliphatic carbocycles. The lowest BCUT2D eigenvalue weighted by Gasteiger charge is -2.13. The van der Waals surface area contributed by atoms with Crippen molar-refractivity contribution in [2.75, 3.05) is 13.6 Å². The van der Waals surface area contributed by atoms with Crippen molar-refractivity contribution < 1.29 is 4.79 Å². The normalized spacial score (nSPS) is 11.1. The molecule has 0 aliphatic heterocycles. The van der Waals surface area contributed by atoms with E-state index < -0.39 is 0 Å². The topological polar surface area (TPSA) is 65.5 Å². The van der Waals surface area contributed by atoms with Gasteiger partial charge in [0.25, 0.3) is 0 Å². The molecule has 3 N–H and O–H groups in total. The van der Waals surface area contributed by atoms with Gasteiger partial charge in [-0.15, -0.1) is 0 Å². The van der Waals surface area contributed by atoms with E-state index in [0.717, 1.165) is 11.1 Å². The van der Waals surface area contributed by atoms with Gasteiger partial charge in [0, 0.05) is 30.2 Å². The Kier molecular flexibility index (Phi) is 7.57. The van der Waals surface area contributed by atoms with Crippen LogP contribution in [0.1, 0.15) is 11.1 Å². The number of halogens is 2. The first-order valence-electron chi connectivity index (χ1n) is 7.77. The molecule has 2 aromatic carbocycles. The second-order valence-electron chi connectivity index (χ2n) is 5.28. The van der Waals surface area contributed by atoms with Gasteiger partial charge in [-0.05, 0) is 23.3 Å². The molecule has 0 aliphatic rings. The number of carbonyl (C=O) groups excluding carboxylic acids is 1. The SMILES string of the molecule is CN=C(NCC(=O)NCc1ccccc1)NCc1ccc(Cl)cc1Cl. The van der Waals surface area contributed by atoms with Gasteiger partial charge in [-0.25, -0.2) is 0 Å². The molecule has 0 heterocycles. The molecule has 25 heavy (non-hydrogen) atoms. The second kappa shape index (κ2) is 9.91. The molecule has 7 heteroatoms. The van der Waals surface area contributed by atoms with Gasteiger partial charge in [-0.2, -0.15) is 0 Å². The zero-order valence-corrected chi connectivity index (χ0v) is 15.4. The Bertz CT molecular complexity index is 735. The highest BCUT2D eigenvalue weighted by Crippen LogP contribution is 2.20. The number of benzene rings is 2. The summed E-state index contributed by atoms with van der Waals surface area (Å²) in [7, 11) is 1.64. The fraction of sp³-hybridized carbons (Fsp3) is 0.222. The zero-order chi connectivity index (χ0) is 18.1. The van der Waals surface area contributed by atoms with Gasteiger partial charge in [0.1, 0.15) is 0 Å². The van der Waals surface area contributed by atoms with E-state index in [2.05, 4.69) is 20.9 Å². The van der Waals surface area contributed by atoms with Crippen molar-refractivity contribution in [3.8, 4) is 0 Å². The largest absolute Gasteiger partial charge is 0.352 e. The fourth-order valence-corrected chi connectivity index (χ4v) is 2.56. The number of amides is 1. The van der Waals surface area contributed by atoms with Crippen molar-refractivity contribution in [2.24, 2.45) is 4.99 Å². The number of aliphatic imine (C=N–C) groups is 1. The Morgan fingerprint density at radius 1 is 1.00 bits per heavy atom. The van der Waals surface area contributed by atoms with Gasteiger partial charge in [0.05, 0.1) is 6.54 Å². The molecule has 0 bridgehead atoms. The summed E-state index contributed by atoms with van der Waals surface area (Å²) in [6, 6.07) is 15.0. The van der Waals surface area contributed by atoms with Crippen LogP contribution in [0.3, 0.4) is 0 Å². The van der Waals surface area contributed by atoms with Crippen molar-refractivity contribution >= 4 is 35.1 Å². The van der Waals surface area contributed by atoms with E-state index in [1.165, 1.54) is 0 Å². The first kappa shape index (κ1) is 19.1. The fourth-order valence-electron chi connectivity index (χ4n) is 2.09. The molecule has 0 atom stereocenters. The van der Waals surface area contributed by atoms with Gasteiger partial charge >= 0.3 is 0 Å². The molecule has 0 saturated carbocycles. The zero-order valence-electron chi connectivity index (χ0n) is 13.9. The van der Waals surface area contributed by atoms with Crippen LogP contribution in [0.4, 0.5) is 0 Å². The van der Waals surface area contributed by atoms with Crippen LogP contribution in [0.25, 0.3) is 0 Å². The lowest BCUT2D eigenvalue weighted by molar-refractivity contribution is -0.120. The van der Waals surface area contributed by atoms with Crippen LogP contribution >= 0.6 is 23.2 Å². The summed E-state index contributed by atoms with van der Waals surface area (Å²) < 4.78 is 0. The summed E-state index contributed by atoms with van der Waals surface area (Å²) in [4.78, 5) is 16.0. The Labute approximate surface area is 157 Å². The molecule has 1 amide bonds. The third kappa shape index (κ3) is 6.64. The number of hydrogen-bond donors (Lipinski definition) is 3. The minimum atomic E-state index is -0.115. The number of nitrogens with one attached hydrogen (secondary N) is 3. The Hall–Kier alpha value is -2.24. The van der Waals surface area contributed by atoms with E-state index in [4.69, 9.17) is 23.2 Å². The van der Waals surface area contributed by atoms with Gasteiger partial charge in [-0.3, -0.25) is 9.79 Å². The number of guanidine groups is 1. The predicted octanol–water partition coefficient (Wildman–Crippen LogP) is 2.97. The van der Waals surface area contributed by atoms with Crippen molar-refractivity contribution in [2.45, 2.75) is 13.1 Å². The molecule has 0 radical (unpaired) electrons. The van der Waals surface area contributed by atoms with Crippen LogP contribution in [0.5, 0.6) is 0 Å². The van der Waals surface area contributed by atoms with E-state index in [0.29, 0.717) is 29.1 Å². The summed E-state index contributed by atoms with van der Waals surface area (Å²) in [5.41, 5.74) is 1.94. The van der Waals surface area contributed by atoms with Crippen LogP contribution in [-0.4, -0.2) is 25.5 Å². The number of nitrogens with zero attached hydrogens (tertiary/aromatic N) is 1. The first-order valence-corrected chi connectivity index (χ1v) is 8.53. The van der Waals surface area contributed by atoms with Gasteiger partial charge in [0.15, 0.2) is 5.96 Å². The molecule has 0 aromatic heterocycles. The highest BCUT2D eigenvalue weighted by molar-refractivity contribution is 6.35. The van der Waals surface area contributed by atoms with Crippen molar-refractivity contribution in [3.63, 3.8) is 0 Å². The minimum Gasteiger partial charge on any atom is -0.352 e. The maximum absolute atomic E-state index is 11.9. The second-order valence-corrected chi connectivity index (χ2v) is 6.12. The molecule has 2 rings (SSSR count). The summed E-state index contributed by atoms with van der Waals surface area (Å²) in [5, 5.41) is 10.1. The average Bonchev–Trinajstić information content (AvgIpc) is 2.62. The van der Waals surface area contributed by atoms with Crippen LogP contribution < -0.4 is 16.0 Å². The Balaban J connectivity index is 1.75. The Morgan fingerprint density at radius 2 is 1.76 bits per heavy atom. The first-order chi connectivity index (χ1) is 12.1. The molecule has 0 saturated heterocycles. The quantitative estimate of drug-likeness (QED) is 0.534. The summed E-state index contributed by atoms with van der Waals surface area (Å²) >= 11 is 12.0. The van der Waals surface area contributed by atoms with Crippen molar-refractivity contribution in [1.82, 2.24) is 16.0 Å². The van der Waals surface area contributed by atoms with Gasteiger partial charge in [0.2, 0.25) is 5.91 Å². The van der Waals surface area contributed by atoms with Crippen LogP contribution in [0.2, 0.25) is 10.0 Å². The highest BCUT2D eigenvalue weighted by atomic mass is 35.5. The molecule has 0 fully saturated rings. The molecular weight excluding hydrogens is 359 g/mol. The van der Waals surface area contributed by atoms with Crippen LogP contribution in [0.15, 0.2) is 53.5 Å². The van der Waals surface area contributed by atoms with E-state index in [1.807, 2.05) is 36.4 Å². The number of carbonyl (C=O) groups is 1. The maximum Gasteiger partial charge on any atom is 0.239 e. The van der Waals surface area contributed by atoms with E-state index in [1.54, 1.807) is 19.2 Å². The maximum atomic E-state index is 11.9. The molecular formula is C18H20Cl2N4O. The Morgan fingerprint density at radius 3 is 2.44 bits per heavy atom. The molecule has 132 valence electrons. The van der Waals surface area contributed by atoms with Crippen molar-refractivity contribution in [3.05, 3.63) is 69.7 Å². The summed E-state index contributed by atoms with van der Waals surface area (Å²) in [6.07, 6.45) is 0. The number of hydrogen-bond acceptors (Lipinski definition) is 2. The minimum absolute atomic E-state index is 0.115. The third-order valence-corrected chi connectivity index (χ3v) is 4.02. The smallest absolute Gasteiger partial charge is 0.239 e. The molecule has 5 nitrogen and oxygen atoms in total. The average molecular weight is 379 g/mol. The van der Waals surface area contributed by atoms with Crippen molar-refractivity contribution in [1.29, 1.82) is 0 Å². The lowest BCUT2D eigenvalue weighted by Crippen LogP contribution is -2.42. The third-order valence-electron chi connectivity index (χ3n) is 3.43. The van der Waals surface area contributed by atoms with Crippen LogP contribution in [0, 0.1) is 0 Å². The highest BCUT2D eigenvalue weighted by Gasteiger charge is 2.05. The summed E-state index contributed by atoms with van der Waals surface area (Å²) in [5.74, 6) is 0.400.